The van der Waals surface area contributed by atoms with Crippen molar-refractivity contribution in [2.24, 2.45) is 5.41 Å². The topological polar surface area (TPSA) is 84.4 Å². The standard InChI is InChI=1S/C30H40N4O5/c35-28(23-32-16-19-37-20-17-32)33-13-4-3-9-30(24-39-25-6-5-12-31-22-25)10-14-34(15-11-30)29(36)26-7-1-2-8-27(26)38-21-18-33/h1-2,5-8,12,22H,3-4,9-11,13-21,23-24H2. The summed E-state index contributed by atoms with van der Waals surface area (Å²) in [4.78, 5) is 37.1. The summed E-state index contributed by atoms with van der Waals surface area (Å²) in [5.41, 5.74) is 0.559. The minimum atomic E-state index is -0.0224. The molecule has 0 N–H and O–H groups in total. The first-order valence-corrected chi connectivity index (χ1v) is 14.2. The fraction of sp³-hybridized carbons (Fsp3) is 0.567. The zero-order valence-electron chi connectivity index (χ0n) is 22.8. The van der Waals surface area contributed by atoms with Crippen LogP contribution in [0.2, 0.25) is 0 Å². The third kappa shape index (κ3) is 7.28. The van der Waals surface area contributed by atoms with Crippen LogP contribution in [0.25, 0.3) is 0 Å². The number of carbonyl (C=O) groups excluding carboxylic acids is 2. The number of nitrogens with zero attached hydrogens (tertiary/aromatic N) is 4. The summed E-state index contributed by atoms with van der Waals surface area (Å²) in [6.07, 6.45) is 8.15. The number of fused-ring (bicyclic) bond motifs is 9. The van der Waals surface area contributed by atoms with E-state index in [2.05, 4.69) is 9.88 Å². The smallest absolute Gasteiger partial charge is 0.257 e. The van der Waals surface area contributed by atoms with Gasteiger partial charge in [-0.2, -0.15) is 0 Å². The lowest BCUT2D eigenvalue weighted by molar-refractivity contribution is -0.134. The van der Waals surface area contributed by atoms with E-state index in [4.69, 9.17) is 14.2 Å². The molecule has 0 radical (unpaired) electrons. The number of para-hydroxylation sites is 1. The molecule has 6 rings (SSSR count). The van der Waals surface area contributed by atoms with E-state index in [0.717, 1.165) is 50.9 Å². The molecule has 1 aromatic carbocycles. The average molecular weight is 537 g/mol. The Kier molecular flexibility index (Phi) is 9.32. The zero-order valence-corrected chi connectivity index (χ0v) is 22.8. The highest BCUT2D eigenvalue weighted by Gasteiger charge is 2.37. The van der Waals surface area contributed by atoms with Crippen LogP contribution in [0.15, 0.2) is 48.8 Å². The van der Waals surface area contributed by atoms with Crippen LogP contribution in [0, 0.1) is 5.41 Å². The molecule has 2 saturated heterocycles. The summed E-state index contributed by atoms with van der Waals surface area (Å²) >= 11 is 0. The molecule has 5 heterocycles. The van der Waals surface area contributed by atoms with Crippen molar-refractivity contribution in [1.82, 2.24) is 19.7 Å². The molecule has 0 aliphatic carbocycles. The highest BCUT2D eigenvalue weighted by Crippen LogP contribution is 2.38. The highest BCUT2D eigenvalue weighted by atomic mass is 16.5. The van der Waals surface area contributed by atoms with Crippen molar-refractivity contribution >= 4 is 11.8 Å². The number of aromatic nitrogens is 1. The molecule has 0 saturated carbocycles. The first-order chi connectivity index (χ1) is 19.1. The normalized spacial score (nSPS) is 20.9. The molecule has 9 heteroatoms. The first-order valence-electron chi connectivity index (χ1n) is 14.2. The number of benzene rings is 1. The summed E-state index contributed by atoms with van der Waals surface area (Å²) in [5.74, 6) is 1.47. The van der Waals surface area contributed by atoms with Crippen molar-refractivity contribution in [2.45, 2.75) is 32.1 Å². The molecule has 2 bridgehead atoms. The molecular formula is C30H40N4O5. The average Bonchev–Trinajstić information content (AvgIpc) is 2.99. The third-order valence-electron chi connectivity index (χ3n) is 8.23. The number of amides is 2. The van der Waals surface area contributed by atoms with Crippen LogP contribution < -0.4 is 9.47 Å². The molecular weight excluding hydrogens is 496 g/mol. The van der Waals surface area contributed by atoms with Crippen molar-refractivity contribution in [3.63, 3.8) is 0 Å². The van der Waals surface area contributed by atoms with Crippen molar-refractivity contribution in [3.05, 3.63) is 54.4 Å². The van der Waals surface area contributed by atoms with Gasteiger partial charge in [0.05, 0.1) is 44.7 Å². The molecule has 9 nitrogen and oxygen atoms in total. The van der Waals surface area contributed by atoms with Crippen molar-refractivity contribution < 1.29 is 23.8 Å². The summed E-state index contributed by atoms with van der Waals surface area (Å²) in [6, 6.07) is 11.3. The number of piperidine rings is 1. The van der Waals surface area contributed by atoms with Crippen molar-refractivity contribution in [2.75, 3.05) is 72.2 Å². The number of hydrogen-bond donors (Lipinski definition) is 0. The fourth-order valence-corrected chi connectivity index (χ4v) is 5.74. The largest absolute Gasteiger partial charge is 0.491 e. The van der Waals surface area contributed by atoms with Crippen LogP contribution >= 0.6 is 0 Å². The molecule has 2 amide bonds. The number of carbonyl (C=O) groups is 2. The second kappa shape index (κ2) is 13.3. The Labute approximate surface area is 231 Å². The van der Waals surface area contributed by atoms with Gasteiger partial charge in [-0.3, -0.25) is 19.5 Å². The van der Waals surface area contributed by atoms with E-state index < -0.39 is 0 Å². The summed E-state index contributed by atoms with van der Waals surface area (Å²) in [7, 11) is 0. The van der Waals surface area contributed by atoms with Crippen molar-refractivity contribution in [3.8, 4) is 11.5 Å². The van der Waals surface area contributed by atoms with Crippen LogP contribution in [0.1, 0.15) is 42.5 Å². The van der Waals surface area contributed by atoms with Crippen LogP contribution in [0.5, 0.6) is 11.5 Å². The molecule has 0 spiro atoms. The molecule has 1 aromatic heterocycles. The SMILES string of the molecule is O=C(CN1CCOCC1)N1CCCCC2(COc3cccnc3)CCN(CC2)C(=O)c2ccccc2OCC1. The van der Waals surface area contributed by atoms with Gasteiger partial charge in [0.15, 0.2) is 0 Å². The maximum absolute atomic E-state index is 13.5. The third-order valence-corrected chi connectivity index (χ3v) is 8.23. The lowest BCUT2D eigenvalue weighted by Gasteiger charge is -2.42. The Morgan fingerprint density at radius 3 is 2.54 bits per heavy atom. The number of morpholine rings is 1. The van der Waals surface area contributed by atoms with E-state index in [-0.39, 0.29) is 17.2 Å². The lowest BCUT2D eigenvalue weighted by atomic mass is 9.75. The molecule has 4 aliphatic rings. The predicted octanol–water partition coefficient (Wildman–Crippen LogP) is 3.11. The Balaban J connectivity index is 1.31. The fourth-order valence-electron chi connectivity index (χ4n) is 5.74. The Morgan fingerprint density at radius 1 is 0.923 bits per heavy atom. The molecule has 210 valence electrons. The van der Waals surface area contributed by atoms with E-state index in [1.807, 2.05) is 46.2 Å². The van der Waals surface area contributed by atoms with Gasteiger partial charge in [-0.25, -0.2) is 0 Å². The lowest BCUT2D eigenvalue weighted by Crippen LogP contribution is -2.46. The summed E-state index contributed by atoms with van der Waals surface area (Å²) in [6.45, 7) is 6.80. The number of ether oxygens (including phenoxy) is 3. The number of rotatable bonds is 5. The second-order valence-electron chi connectivity index (χ2n) is 10.8. The minimum absolute atomic E-state index is 0.00231. The maximum atomic E-state index is 13.5. The van der Waals surface area contributed by atoms with Gasteiger partial charge in [0, 0.05) is 44.3 Å². The summed E-state index contributed by atoms with van der Waals surface area (Å²) < 4.78 is 17.8. The van der Waals surface area contributed by atoms with E-state index in [0.29, 0.717) is 70.5 Å². The van der Waals surface area contributed by atoms with Crippen LogP contribution in [-0.4, -0.2) is 104 Å². The molecule has 39 heavy (non-hydrogen) atoms. The van der Waals surface area contributed by atoms with Crippen LogP contribution in [0.3, 0.4) is 0 Å². The van der Waals surface area contributed by atoms with Crippen molar-refractivity contribution in [1.29, 1.82) is 0 Å². The van der Waals surface area contributed by atoms with Gasteiger partial charge in [0.25, 0.3) is 5.91 Å². The van der Waals surface area contributed by atoms with E-state index in [1.54, 1.807) is 12.4 Å². The van der Waals surface area contributed by atoms with Gasteiger partial charge in [-0.15, -0.1) is 0 Å². The Hall–Kier alpha value is -3.17. The zero-order chi connectivity index (χ0) is 26.9. The van der Waals surface area contributed by atoms with Gasteiger partial charge in [-0.1, -0.05) is 18.6 Å². The van der Waals surface area contributed by atoms with Gasteiger partial charge in [0.1, 0.15) is 18.1 Å². The number of pyridine rings is 1. The van der Waals surface area contributed by atoms with E-state index >= 15 is 0 Å². The first kappa shape index (κ1) is 27.4. The molecule has 0 unspecified atom stereocenters. The second-order valence-corrected chi connectivity index (χ2v) is 10.8. The highest BCUT2D eigenvalue weighted by molar-refractivity contribution is 5.97. The van der Waals surface area contributed by atoms with Crippen LogP contribution in [0.4, 0.5) is 0 Å². The van der Waals surface area contributed by atoms with E-state index in [1.165, 1.54) is 0 Å². The predicted molar refractivity (Wildman–Crippen MR) is 147 cm³/mol. The van der Waals surface area contributed by atoms with Gasteiger partial charge in [0.2, 0.25) is 5.91 Å². The molecule has 4 aliphatic heterocycles. The van der Waals surface area contributed by atoms with Gasteiger partial charge >= 0.3 is 0 Å². The quantitative estimate of drug-likeness (QED) is 0.581. The number of hydrogen-bond acceptors (Lipinski definition) is 7. The van der Waals surface area contributed by atoms with Crippen LogP contribution in [-0.2, 0) is 9.53 Å². The Morgan fingerprint density at radius 2 is 1.74 bits per heavy atom. The molecule has 2 fully saturated rings. The Bertz CT molecular complexity index is 1080. The maximum Gasteiger partial charge on any atom is 0.257 e. The van der Waals surface area contributed by atoms with Gasteiger partial charge < -0.3 is 24.0 Å². The molecule has 2 aromatic rings. The molecule has 0 atom stereocenters. The minimum Gasteiger partial charge on any atom is -0.491 e. The van der Waals surface area contributed by atoms with Gasteiger partial charge in [-0.05, 0) is 49.9 Å². The summed E-state index contributed by atoms with van der Waals surface area (Å²) in [5, 5.41) is 0. The van der Waals surface area contributed by atoms with E-state index in [9.17, 15) is 9.59 Å². The monoisotopic (exact) mass is 536 g/mol.